The molecule has 4 aromatic rings. The van der Waals surface area contributed by atoms with Crippen LogP contribution in [0, 0.1) is 11.6 Å². The van der Waals surface area contributed by atoms with E-state index >= 15 is 0 Å². The summed E-state index contributed by atoms with van der Waals surface area (Å²) in [4.78, 5) is 34.3. The van der Waals surface area contributed by atoms with Crippen LogP contribution >= 0.6 is 0 Å². The Kier molecular flexibility index (Phi) is 4.20. The zero-order valence-electron chi connectivity index (χ0n) is 15.7. The van der Waals surface area contributed by atoms with Crippen molar-refractivity contribution >= 4 is 11.6 Å². The van der Waals surface area contributed by atoms with Crippen molar-refractivity contribution in [2.24, 2.45) is 0 Å². The van der Waals surface area contributed by atoms with E-state index in [1.54, 1.807) is 29.2 Å². The van der Waals surface area contributed by atoms with Crippen molar-refractivity contribution in [1.29, 1.82) is 0 Å². The Morgan fingerprint density at radius 1 is 1.10 bits per heavy atom. The maximum Gasteiger partial charge on any atom is 0.331 e. The number of carbonyl (C=O) groups excluding carboxylic acids is 1. The predicted octanol–water partition coefficient (Wildman–Crippen LogP) is 3.17. The molecule has 2 aromatic heterocycles. The number of hydrogen-bond acceptors (Lipinski definition) is 3. The van der Waals surface area contributed by atoms with Crippen LogP contribution in [0.15, 0.2) is 59.5 Å². The summed E-state index contributed by atoms with van der Waals surface area (Å²) < 4.78 is 29.1. The molecule has 6 nitrogen and oxygen atoms in total. The summed E-state index contributed by atoms with van der Waals surface area (Å²) in [5.74, 6) is -1.22. The van der Waals surface area contributed by atoms with Crippen molar-refractivity contribution in [3.8, 4) is 11.3 Å². The van der Waals surface area contributed by atoms with Crippen LogP contribution in [0.3, 0.4) is 0 Å². The van der Waals surface area contributed by atoms with Gasteiger partial charge in [-0.15, -0.1) is 0 Å². The minimum Gasteiger partial charge on any atom is -0.334 e. The highest BCUT2D eigenvalue weighted by Crippen LogP contribution is 2.26. The number of hydrogen-bond donors (Lipinski definition) is 1. The number of amides is 1. The molecule has 0 saturated carbocycles. The van der Waals surface area contributed by atoms with Crippen molar-refractivity contribution in [2.75, 3.05) is 6.54 Å². The van der Waals surface area contributed by atoms with E-state index in [2.05, 4.69) is 9.97 Å². The summed E-state index contributed by atoms with van der Waals surface area (Å²) in [6.07, 6.45) is 1.92. The second-order valence-electron chi connectivity index (χ2n) is 7.17. The fourth-order valence-corrected chi connectivity index (χ4v) is 3.82. The fraction of sp³-hybridized carbons (Fsp3) is 0.136. The first kappa shape index (κ1) is 18.2. The van der Waals surface area contributed by atoms with Crippen LogP contribution in [-0.4, -0.2) is 31.7 Å². The third-order valence-corrected chi connectivity index (χ3v) is 5.31. The molecule has 1 aliphatic heterocycles. The molecule has 0 radical (unpaired) electrons. The first-order valence-electron chi connectivity index (χ1n) is 9.44. The Bertz CT molecular complexity index is 1360. The SMILES string of the molecule is O=C(c1cccc(F)c1)N1CCc2[nH]c(=O)n3cc(-c4ccccc4F)nc3c2C1. The first-order chi connectivity index (χ1) is 14.5. The second kappa shape index (κ2) is 6.91. The highest BCUT2D eigenvalue weighted by Gasteiger charge is 2.26. The molecule has 0 saturated heterocycles. The average molecular weight is 406 g/mol. The van der Waals surface area contributed by atoms with E-state index in [0.717, 1.165) is 0 Å². The van der Waals surface area contributed by atoms with Crippen LogP contribution < -0.4 is 5.69 Å². The number of fused-ring (bicyclic) bond motifs is 3. The molecule has 1 aliphatic rings. The van der Waals surface area contributed by atoms with Gasteiger partial charge in [0, 0.05) is 41.5 Å². The van der Waals surface area contributed by atoms with Crippen LogP contribution in [0.25, 0.3) is 16.9 Å². The van der Waals surface area contributed by atoms with Gasteiger partial charge in [0.25, 0.3) is 5.91 Å². The monoisotopic (exact) mass is 406 g/mol. The molecule has 0 bridgehead atoms. The quantitative estimate of drug-likeness (QED) is 0.556. The van der Waals surface area contributed by atoms with E-state index in [1.807, 2.05) is 0 Å². The topological polar surface area (TPSA) is 70.5 Å². The van der Waals surface area contributed by atoms with E-state index < -0.39 is 11.6 Å². The van der Waals surface area contributed by atoms with Crippen molar-refractivity contribution in [3.05, 3.63) is 93.7 Å². The van der Waals surface area contributed by atoms with E-state index in [9.17, 15) is 18.4 Å². The fourth-order valence-electron chi connectivity index (χ4n) is 3.82. The molecule has 8 heteroatoms. The lowest BCUT2D eigenvalue weighted by atomic mass is 10.1. The van der Waals surface area contributed by atoms with Crippen LogP contribution in [0.1, 0.15) is 21.6 Å². The zero-order valence-corrected chi connectivity index (χ0v) is 15.7. The number of aromatic amines is 1. The molecule has 30 heavy (non-hydrogen) atoms. The molecule has 5 rings (SSSR count). The number of H-pyrrole nitrogens is 1. The van der Waals surface area contributed by atoms with Crippen LogP contribution in [0.2, 0.25) is 0 Å². The summed E-state index contributed by atoms with van der Waals surface area (Å²) in [5, 5.41) is 0. The zero-order chi connectivity index (χ0) is 20.8. The molecule has 1 N–H and O–H groups in total. The van der Waals surface area contributed by atoms with E-state index in [-0.39, 0.29) is 29.3 Å². The van der Waals surface area contributed by atoms with Gasteiger partial charge in [0.2, 0.25) is 0 Å². The third-order valence-electron chi connectivity index (χ3n) is 5.31. The van der Waals surface area contributed by atoms with Crippen LogP contribution in [0.5, 0.6) is 0 Å². The van der Waals surface area contributed by atoms with Crippen molar-refractivity contribution in [3.63, 3.8) is 0 Å². The standard InChI is InChI=1S/C22H16F2N4O2/c23-14-5-3-4-13(10-14)21(29)27-9-8-18-16(11-27)20-25-19(12-28(20)22(30)26-18)15-6-1-2-7-17(15)24/h1-7,10,12H,8-9,11H2,(H,26,30). The first-order valence-corrected chi connectivity index (χ1v) is 9.44. The Morgan fingerprint density at radius 2 is 1.93 bits per heavy atom. The van der Waals surface area contributed by atoms with Gasteiger partial charge in [-0.1, -0.05) is 18.2 Å². The number of nitrogens with zero attached hydrogens (tertiary/aromatic N) is 3. The van der Waals surface area contributed by atoms with Crippen molar-refractivity contribution in [2.45, 2.75) is 13.0 Å². The van der Waals surface area contributed by atoms with Crippen molar-refractivity contribution < 1.29 is 13.6 Å². The highest BCUT2D eigenvalue weighted by molar-refractivity contribution is 5.94. The molecule has 150 valence electrons. The van der Waals surface area contributed by atoms with Gasteiger partial charge in [-0.3, -0.25) is 9.20 Å². The number of rotatable bonds is 2. The van der Waals surface area contributed by atoms with Crippen molar-refractivity contribution in [1.82, 2.24) is 19.3 Å². The van der Waals surface area contributed by atoms with Crippen LogP contribution in [0.4, 0.5) is 8.78 Å². The number of aromatic nitrogens is 3. The maximum absolute atomic E-state index is 14.2. The average Bonchev–Trinajstić information content (AvgIpc) is 3.20. The lowest BCUT2D eigenvalue weighted by Gasteiger charge is -2.28. The molecule has 3 heterocycles. The number of benzene rings is 2. The summed E-state index contributed by atoms with van der Waals surface area (Å²) in [7, 11) is 0. The Balaban J connectivity index is 1.58. The van der Waals surface area contributed by atoms with Gasteiger partial charge in [0.05, 0.1) is 12.2 Å². The van der Waals surface area contributed by atoms with Gasteiger partial charge in [-0.25, -0.2) is 18.6 Å². The van der Waals surface area contributed by atoms with E-state index in [1.165, 1.54) is 34.9 Å². The predicted molar refractivity (Wildman–Crippen MR) is 106 cm³/mol. The molecule has 0 atom stereocenters. The summed E-state index contributed by atoms with van der Waals surface area (Å²) in [5.41, 5.74) is 2.27. The molecule has 1 amide bonds. The van der Waals surface area contributed by atoms with Gasteiger partial charge < -0.3 is 9.88 Å². The maximum atomic E-state index is 14.2. The van der Waals surface area contributed by atoms with Gasteiger partial charge >= 0.3 is 5.69 Å². The van der Waals surface area contributed by atoms with Gasteiger partial charge in [0.1, 0.15) is 17.3 Å². The lowest BCUT2D eigenvalue weighted by molar-refractivity contribution is 0.0733. The smallest absolute Gasteiger partial charge is 0.331 e. The molecule has 0 aliphatic carbocycles. The summed E-state index contributed by atoms with van der Waals surface area (Å²) in [6.45, 7) is 0.591. The molecule has 0 fully saturated rings. The number of carbonyl (C=O) groups is 1. The minimum absolute atomic E-state index is 0.207. The Labute approximate surface area is 169 Å². The molecule has 0 unspecified atom stereocenters. The summed E-state index contributed by atoms with van der Waals surface area (Å²) in [6, 6.07) is 11.7. The summed E-state index contributed by atoms with van der Waals surface area (Å²) >= 11 is 0. The van der Waals surface area contributed by atoms with Gasteiger partial charge in [-0.2, -0.15) is 0 Å². The van der Waals surface area contributed by atoms with Gasteiger partial charge in [-0.05, 0) is 30.3 Å². The largest absolute Gasteiger partial charge is 0.334 e. The third kappa shape index (κ3) is 2.97. The van der Waals surface area contributed by atoms with Gasteiger partial charge in [0.15, 0.2) is 0 Å². The Hall–Kier alpha value is -3.81. The molecule has 2 aromatic carbocycles. The van der Waals surface area contributed by atoms with Crippen LogP contribution in [-0.2, 0) is 13.0 Å². The van der Waals surface area contributed by atoms with E-state index in [4.69, 9.17) is 0 Å². The lowest BCUT2D eigenvalue weighted by Crippen LogP contribution is -2.38. The molecule has 0 spiro atoms. The number of imidazole rings is 1. The molecular formula is C22H16F2N4O2. The second-order valence-corrected chi connectivity index (χ2v) is 7.17. The normalized spacial score (nSPS) is 13.5. The number of halogens is 2. The minimum atomic E-state index is -0.479. The highest BCUT2D eigenvalue weighted by atomic mass is 19.1. The van der Waals surface area contributed by atoms with E-state index in [0.29, 0.717) is 35.6 Å². The number of nitrogens with one attached hydrogen (secondary N) is 1. The molecular weight excluding hydrogens is 390 g/mol. The Morgan fingerprint density at radius 3 is 2.73 bits per heavy atom.